The molecule has 8 nitrogen and oxygen atoms in total. The molecule has 0 radical (unpaired) electrons. The number of aromatic nitrogens is 1. The van der Waals surface area contributed by atoms with Crippen molar-refractivity contribution in [1.82, 2.24) is 9.88 Å². The van der Waals surface area contributed by atoms with Crippen molar-refractivity contribution in [3.63, 3.8) is 0 Å². The van der Waals surface area contributed by atoms with Gasteiger partial charge in [0.2, 0.25) is 11.8 Å². The van der Waals surface area contributed by atoms with Crippen LogP contribution < -0.4 is 10.2 Å². The molecule has 2 fully saturated rings. The molecule has 1 N–H and O–H groups in total. The zero-order chi connectivity index (χ0) is 22.2. The number of amides is 3. The fraction of sp³-hybridized carbons (Fsp3) is 0.455. The highest BCUT2D eigenvalue weighted by Crippen LogP contribution is 2.32. The van der Waals surface area contributed by atoms with Crippen LogP contribution in [-0.4, -0.2) is 53.4 Å². The number of nitrogens with zero attached hydrogens (tertiary/aromatic N) is 3. The molecule has 2 saturated heterocycles. The molecule has 4 heterocycles. The minimum absolute atomic E-state index is 0.0630. The Morgan fingerprint density at radius 3 is 2.81 bits per heavy atom. The SMILES string of the molecule is O=C(Nc1nc2c(s1)CN(C(=O)C1CC(=O)N(c3ccc(F)cc3)C1)CC2)C1CCCO1. The molecule has 0 bridgehead atoms. The summed E-state index contributed by atoms with van der Waals surface area (Å²) < 4.78 is 18.6. The van der Waals surface area contributed by atoms with Gasteiger partial charge in [0.05, 0.1) is 18.2 Å². The normalized spacial score (nSPS) is 22.8. The Hall–Kier alpha value is -2.85. The van der Waals surface area contributed by atoms with Gasteiger partial charge in [0.1, 0.15) is 11.9 Å². The summed E-state index contributed by atoms with van der Waals surface area (Å²) >= 11 is 1.38. The second kappa shape index (κ2) is 8.59. The first-order valence-corrected chi connectivity index (χ1v) is 11.6. The molecule has 32 heavy (non-hydrogen) atoms. The van der Waals surface area contributed by atoms with Crippen LogP contribution in [0.5, 0.6) is 0 Å². The molecule has 2 aromatic rings. The van der Waals surface area contributed by atoms with Gasteiger partial charge in [-0.1, -0.05) is 11.3 Å². The molecule has 1 aromatic heterocycles. The lowest BCUT2D eigenvalue weighted by Crippen LogP contribution is -2.40. The van der Waals surface area contributed by atoms with Gasteiger partial charge in [-0.05, 0) is 37.1 Å². The third kappa shape index (κ3) is 4.12. The van der Waals surface area contributed by atoms with Crippen molar-refractivity contribution >= 4 is 39.9 Å². The van der Waals surface area contributed by atoms with Crippen LogP contribution >= 0.6 is 11.3 Å². The van der Waals surface area contributed by atoms with Gasteiger partial charge >= 0.3 is 0 Å². The molecule has 3 aliphatic heterocycles. The van der Waals surface area contributed by atoms with Crippen molar-refractivity contribution in [1.29, 1.82) is 0 Å². The highest BCUT2D eigenvalue weighted by Gasteiger charge is 2.38. The van der Waals surface area contributed by atoms with Crippen LogP contribution in [0.2, 0.25) is 0 Å². The first-order valence-electron chi connectivity index (χ1n) is 10.7. The molecule has 168 valence electrons. The molecule has 2 unspecified atom stereocenters. The van der Waals surface area contributed by atoms with Crippen LogP contribution in [0.1, 0.15) is 29.8 Å². The Morgan fingerprint density at radius 1 is 1.25 bits per heavy atom. The molecule has 0 aliphatic carbocycles. The quantitative estimate of drug-likeness (QED) is 0.759. The summed E-state index contributed by atoms with van der Waals surface area (Å²) in [6.45, 7) is 1.84. The van der Waals surface area contributed by atoms with E-state index in [-0.39, 0.29) is 36.5 Å². The Bertz CT molecular complexity index is 1050. The first kappa shape index (κ1) is 21.0. The van der Waals surface area contributed by atoms with Crippen molar-refractivity contribution in [3.05, 3.63) is 40.7 Å². The zero-order valence-electron chi connectivity index (χ0n) is 17.4. The van der Waals surface area contributed by atoms with Gasteiger partial charge < -0.3 is 14.5 Å². The zero-order valence-corrected chi connectivity index (χ0v) is 18.2. The average molecular weight is 459 g/mol. The highest BCUT2D eigenvalue weighted by molar-refractivity contribution is 7.15. The van der Waals surface area contributed by atoms with Crippen LogP contribution in [0.25, 0.3) is 0 Å². The van der Waals surface area contributed by atoms with Crippen LogP contribution in [0.4, 0.5) is 15.2 Å². The summed E-state index contributed by atoms with van der Waals surface area (Å²) in [4.78, 5) is 46.7. The summed E-state index contributed by atoms with van der Waals surface area (Å²) in [6.07, 6.45) is 1.93. The number of hydrogen-bond donors (Lipinski definition) is 1. The molecule has 10 heteroatoms. The van der Waals surface area contributed by atoms with E-state index in [1.165, 1.54) is 23.5 Å². The molecule has 0 saturated carbocycles. The maximum Gasteiger partial charge on any atom is 0.255 e. The lowest BCUT2D eigenvalue weighted by Gasteiger charge is -2.28. The van der Waals surface area contributed by atoms with Gasteiger partial charge in [-0.2, -0.15) is 0 Å². The van der Waals surface area contributed by atoms with Gasteiger partial charge in [-0.3, -0.25) is 19.7 Å². The van der Waals surface area contributed by atoms with E-state index >= 15 is 0 Å². The number of nitrogens with one attached hydrogen (secondary N) is 1. The standard InChI is InChI=1S/C22H23FN4O4S/c23-14-3-5-15(6-4-14)27-11-13(10-19(27)28)21(30)26-8-7-16-18(12-26)32-22(24-16)25-20(29)17-2-1-9-31-17/h3-6,13,17H,1-2,7-12H2,(H,24,25,29). The number of ether oxygens (including phenoxy) is 1. The van der Waals surface area contributed by atoms with Crippen molar-refractivity contribution in [2.24, 2.45) is 5.92 Å². The first-order chi connectivity index (χ1) is 15.5. The Balaban J connectivity index is 1.22. The third-order valence-corrected chi connectivity index (χ3v) is 7.11. The maximum atomic E-state index is 13.2. The summed E-state index contributed by atoms with van der Waals surface area (Å²) in [5.74, 6) is -1.17. The molecule has 5 rings (SSSR count). The van der Waals surface area contributed by atoms with E-state index in [1.807, 2.05) is 0 Å². The van der Waals surface area contributed by atoms with E-state index in [2.05, 4.69) is 10.3 Å². The van der Waals surface area contributed by atoms with E-state index in [4.69, 9.17) is 4.74 Å². The predicted molar refractivity (Wildman–Crippen MR) is 116 cm³/mol. The van der Waals surface area contributed by atoms with Gasteiger partial charge in [-0.25, -0.2) is 9.37 Å². The van der Waals surface area contributed by atoms with Crippen LogP contribution in [0.3, 0.4) is 0 Å². The van der Waals surface area contributed by atoms with Gasteiger partial charge in [-0.15, -0.1) is 0 Å². The van der Waals surface area contributed by atoms with Crippen LogP contribution in [-0.2, 0) is 32.1 Å². The number of carbonyl (C=O) groups excluding carboxylic acids is 3. The fourth-order valence-corrected chi connectivity index (χ4v) is 5.44. The Kier molecular flexibility index (Phi) is 5.64. The number of hydrogen-bond acceptors (Lipinski definition) is 6. The van der Waals surface area contributed by atoms with Gasteiger partial charge in [0, 0.05) is 43.1 Å². The molecule has 3 amide bonds. The number of halogens is 1. The predicted octanol–water partition coefficient (Wildman–Crippen LogP) is 2.34. The van der Waals surface area contributed by atoms with E-state index in [0.717, 1.165) is 17.0 Å². The lowest BCUT2D eigenvalue weighted by atomic mass is 10.1. The summed E-state index contributed by atoms with van der Waals surface area (Å²) in [5.41, 5.74) is 1.50. The average Bonchev–Trinajstić information content (AvgIpc) is 3.53. The van der Waals surface area contributed by atoms with Crippen molar-refractivity contribution < 1.29 is 23.5 Å². The summed E-state index contributed by atoms with van der Waals surface area (Å²) in [5, 5.41) is 3.37. The van der Waals surface area contributed by atoms with E-state index in [9.17, 15) is 18.8 Å². The number of thiazole rings is 1. The van der Waals surface area contributed by atoms with E-state index < -0.39 is 12.0 Å². The molecule has 2 atom stereocenters. The van der Waals surface area contributed by atoms with Crippen molar-refractivity contribution in [3.8, 4) is 0 Å². The topological polar surface area (TPSA) is 91.8 Å². The van der Waals surface area contributed by atoms with Gasteiger partial charge in [0.25, 0.3) is 5.91 Å². The van der Waals surface area contributed by atoms with E-state index in [0.29, 0.717) is 43.4 Å². The molecular weight excluding hydrogens is 435 g/mol. The molecule has 0 spiro atoms. The Labute approximate surface area is 188 Å². The van der Waals surface area contributed by atoms with Gasteiger partial charge in [0.15, 0.2) is 5.13 Å². The monoisotopic (exact) mass is 458 g/mol. The molecular formula is C22H23FN4O4S. The van der Waals surface area contributed by atoms with Crippen LogP contribution in [0.15, 0.2) is 24.3 Å². The van der Waals surface area contributed by atoms with E-state index in [1.54, 1.807) is 21.9 Å². The van der Waals surface area contributed by atoms with Crippen molar-refractivity contribution in [2.75, 3.05) is 29.9 Å². The minimum atomic E-state index is -0.430. The maximum absolute atomic E-state index is 13.2. The number of fused-ring (bicyclic) bond motifs is 1. The fourth-order valence-electron chi connectivity index (χ4n) is 4.41. The number of benzene rings is 1. The highest BCUT2D eigenvalue weighted by atomic mass is 32.1. The van der Waals surface area contributed by atoms with Crippen LogP contribution in [0, 0.1) is 11.7 Å². The smallest absolute Gasteiger partial charge is 0.255 e. The Morgan fingerprint density at radius 2 is 2.06 bits per heavy atom. The number of rotatable bonds is 4. The summed E-state index contributed by atoms with van der Waals surface area (Å²) in [6, 6.07) is 5.72. The third-order valence-electron chi connectivity index (χ3n) is 6.11. The molecule has 3 aliphatic rings. The second-order valence-corrected chi connectivity index (χ2v) is 9.36. The number of anilines is 2. The largest absolute Gasteiger partial charge is 0.368 e. The number of carbonyl (C=O) groups is 3. The second-order valence-electron chi connectivity index (χ2n) is 8.27. The summed E-state index contributed by atoms with van der Waals surface area (Å²) in [7, 11) is 0. The van der Waals surface area contributed by atoms with Crippen molar-refractivity contribution in [2.45, 2.75) is 38.3 Å². The molecule has 1 aromatic carbocycles. The minimum Gasteiger partial charge on any atom is -0.368 e. The lowest BCUT2D eigenvalue weighted by molar-refractivity contribution is -0.136.